The molecule has 0 aromatic heterocycles. The molecule has 0 aromatic rings. The Kier molecular flexibility index (Phi) is 6.81. The van der Waals surface area contributed by atoms with E-state index in [9.17, 15) is 17.7 Å². The van der Waals surface area contributed by atoms with E-state index in [1.54, 1.807) is 0 Å². The number of hydrogen-bond acceptors (Lipinski definition) is 4. The topological polar surface area (TPSA) is 71.4 Å². The summed E-state index contributed by atoms with van der Waals surface area (Å²) in [4.78, 5) is 0. The van der Waals surface area contributed by atoms with Crippen molar-refractivity contribution in [2.45, 2.75) is 56.8 Å². The zero-order valence-electron chi connectivity index (χ0n) is 11.0. The van der Waals surface area contributed by atoms with Gasteiger partial charge >= 0.3 is 0 Å². The molecule has 1 aliphatic heterocycles. The highest BCUT2D eigenvalue weighted by atomic mass is 32.2. The van der Waals surface area contributed by atoms with Crippen molar-refractivity contribution in [1.82, 2.24) is 0 Å². The maximum atomic E-state index is 11.9. The molecule has 0 bridgehead atoms. The van der Waals surface area contributed by atoms with Crippen molar-refractivity contribution in [2.24, 2.45) is 0 Å². The van der Waals surface area contributed by atoms with Gasteiger partial charge in [-0.3, -0.25) is 4.21 Å². The minimum absolute atomic E-state index is 0.114. The predicted molar refractivity (Wildman–Crippen MR) is 74.8 cm³/mol. The van der Waals surface area contributed by atoms with Crippen molar-refractivity contribution in [3.8, 4) is 0 Å². The predicted octanol–water partition coefficient (Wildman–Crippen LogP) is 1.25. The second-order valence-corrected chi connectivity index (χ2v) is 8.96. The Bertz CT molecular complexity index is 364. The van der Waals surface area contributed by atoms with Crippen molar-refractivity contribution in [3.05, 3.63) is 0 Å². The van der Waals surface area contributed by atoms with Crippen LogP contribution in [0.1, 0.15) is 45.4 Å². The number of rotatable bonds is 8. The van der Waals surface area contributed by atoms with Crippen LogP contribution in [0, 0.1) is 0 Å². The summed E-state index contributed by atoms with van der Waals surface area (Å²) in [6.45, 7) is 2.16. The summed E-state index contributed by atoms with van der Waals surface area (Å²) in [6, 6.07) is 0. The molecule has 1 aliphatic rings. The molecule has 108 valence electrons. The molecule has 0 amide bonds. The molecular weight excluding hydrogens is 272 g/mol. The number of aliphatic hydroxyl groups is 1. The van der Waals surface area contributed by atoms with Crippen molar-refractivity contribution in [1.29, 1.82) is 0 Å². The van der Waals surface area contributed by atoms with Gasteiger partial charge in [-0.15, -0.1) is 0 Å². The molecule has 0 aromatic carbocycles. The highest BCUT2D eigenvalue weighted by Gasteiger charge is 2.39. The summed E-state index contributed by atoms with van der Waals surface area (Å²) in [7, 11) is -4.38. The van der Waals surface area contributed by atoms with Crippen LogP contribution >= 0.6 is 0 Å². The normalized spacial score (nSPS) is 28.3. The molecule has 6 heteroatoms. The minimum Gasteiger partial charge on any atom is -0.391 e. The standard InChI is InChI=1S/C12H24O4S2/c1-2-3-4-5-6-7-8-17(14)12-10-18(15,16)9-11(12)13/h11-13H,2-10H2,1H3/t11-,12+,17+/m1/s1. The molecule has 1 N–H and O–H groups in total. The summed E-state index contributed by atoms with van der Waals surface area (Å²) in [5.74, 6) is 0.180. The Morgan fingerprint density at radius 1 is 1.11 bits per heavy atom. The first-order chi connectivity index (χ1) is 8.46. The molecule has 1 fully saturated rings. The zero-order valence-corrected chi connectivity index (χ0v) is 12.6. The van der Waals surface area contributed by atoms with E-state index in [1.165, 1.54) is 19.3 Å². The Hall–Kier alpha value is 0.0600. The van der Waals surface area contributed by atoms with Crippen molar-refractivity contribution >= 4 is 20.6 Å². The molecule has 18 heavy (non-hydrogen) atoms. The lowest BCUT2D eigenvalue weighted by Gasteiger charge is -2.12. The second-order valence-electron chi connectivity index (χ2n) is 5.04. The van der Waals surface area contributed by atoms with Crippen LogP contribution in [-0.4, -0.2) is 46.3 Å². The highest BCUT2D eigenvalue weighted by Crippen LogP contribution is 2.19. The van der Waals surface area contributed by atoms with E-state index < -0.39 is 32.0 Å². The molecule has 0 spiro atoms. The fourth-order valence-corrected chi connectivity index (χ4v) is 6.42. The van der Waals surface area contributed by atoms with Gasteiger partial charge in [0.2, 0.25) is 0 Å². The van der Waals surface area contributed by atoms with E-state index >= 15 is 0 Å². The number of sulfone groups is 1. The van der Waals surface area contributed by atoms with E-state index in [1.807, 2.05) is 0 Å². The van der Waals surface area contributed by atoms with Crippen LogP contribution in [-0.2, 0) is 20.6 Å². The molecule has 4 nitrogen and oxygen atoms in total. The van der Waals surface area contributed by atoms with Crippen LogP contribution in [0.4, 0.5) is 0 Å². The molecule has 0 radical (unpaired) electrons. The van der Waals surface area contributed by atoms with E-state index in [0.29, 0.717) is 5.75 Å². The highest BCUT2D eigenvalue weighted by molar-refractivity contribution is 7.94. The molecule has 0 saturated carbocycles. The number of aliphatic hydroxyl groups excluding tert-OH is 1. The first-order valence-electron chi connectivity index (χ1n) is 6.72. The van der Waals surface area contributed by atoms with Gasteiger partial charge in [0, 0.05) is 16.6 Å². The molecule has 1 saturated heterocycles. The largest absolute Gasteiger partial charge is 0.391 e. The lowest BCUT2D eigenvalue weighted by atomic mass is 10.1. The SMILES string of the molecule is CCCCCCCC[S@](=O)[C@H]1CS(=O)(=O)C[C@H]1O. The Balaban J connectivity index is 2.21. The van der Waals surface area contributed by atoms with Gasteiger partial charge < -0.3 is 5.11 Å². The fourth-order valence-electron chi connectivity index (χ4n) is 2.22. The van der Waals surface area contributed by atoms with Gasteiger partial charge in [-0.05, 0) is 6.42 Å². The van der Waals surface area contributed by atoms with Crippen LogP contribution in [0.15, 0.2) is 0 Å². The fraction of sp³-hybridized carbons (Fsp3) is 1.00. The molecule has 3 atom stereocenters. The third-order valence-corrected chi connectivity index (χ3v) is 7.08. The average molecular weight is 296 g/mol. The first-order valence-corrected chi connectivity index (χ1v) is 9.92. The van der Waals surface area contributed by atoms with Crippen LogP contribution in [0.2, 0.25) is 0 Å². The van der Waals surface area contributed by atoms with Crippen molar-refractivity contribution < 1.29 is 17.7 Å². The molecular formula is C12H24O4S2. The van der Waals surface area contributed by atoms with Gasteiger partial charge in [-0.2, -0.15) is 0 Å². The third kappa shape index (κ3) is 5.36. The smallest absolute Gasteiger partial charge is 0.154 e. The summed E-state index contributed by atoms with van der Waals surface area (Å²) in [5.41, 5.74) is 0. The van der Waals surface area contributed by atoms with E-state index in [4.69, 9.17) is 0 Å². The molecule has 0 unspecified atom stereocenters. The number of hydrogen-bond donors (Lipinski definition) is 1. The molecule has 1 heterocycles. The summed E-state index contributed by atoms with van der Waals surface area (Å²) in [5, 5.41) is 9.03. The lowest BCUT2D eigenvalue weighted by Crippen LogP contribution is -2.30. The zero-order chi connectivity index (χ0) is 13.6. The maximum Gasteiger partial charge on any atom is 0.154 e. The quantitative estimate of drug-likeness (QED) is 0.684. The van der Waals surface area contributed by atoms with E-state index in [-0.39, 0.29) is 11.5 Å². The molecule has 1 rings (SSSR count). The summed E-state index contributed by atoms with van der Waals surface area (Å²) in [6.07, 6.45) is 5.78. The van der Waals surface area contributed by atoms with Crippen LogP contribution in [0.5, 0.6) is 0 Å². The first kappa shape index (κ1) is 16.1. The van der Waals surface area contributed by atoms with Gasteiger partial charge in [0.25, 0.3) is 0 Å². The maximum absolute atomic E-state index is 11.9. The van der Waals surface area contributed by atoms with Crippen LogP contribution < -0.4 is 0 Å². The van der Waals surface area contributed by atoms with E-state index in [2.05, 4.69) is 6.92 Å². The summed E-state index contributed by atoms with van der Waals surface area (Å²) < 4.78 is 34.5. The van der Waals surface area contributed by atoms with Crippen molar-refractivity contribution in [2.75, 3.05) is 17.3 Å². The number of unbranched alkanes of at least 4 members (excludes halogenated alkanes) is 5. The Morgan fingerprint density at radius 3 is 2.28 bits per heavy atom. The van der Waals surface area contributed by atoms with E-state index in [0.717, 1.165) is 19.3 Å². The lowest BCUT2D eigenvalue weighted by molar-refractivity contribution is 0.206. The molecule has 0 aliphatic carbocycles. The van der Waals surface area contributed by atoms with Crippen molar-refractivity contribution in [3.63, 3.8) is 0 Å². The minimum atomic E-state index is -3.18. The van der Waals surface area contributed by atoms with Gasteiger partial charge in [-0.1, -0.05) is 39.0 Å². The monoisotopic (exact) mass is 296 g/mol. The Labute approximate surface area is 113 Å². The Morgan fingerprint density at radius 2 is 1.72 bits per heavy atom. The average Bonchev–Trinajstić information content (AvgIpc) is 2.57. The van der Waals surface area contributed by atoms with Gasteiger partial charge in [-0.25, -0.2) is 8.42 Å². The van der Waals surface area contributed by atoms with Gasteiger partial charge in [0.05, 0.1) is 22.9 Å². The van der Waals surface area contributed by atoms with Crippen LogP contribution in [0.3, 0.4) is 0 Å². The van der Waals surface area contributed by atoms with Gasteiger partial charge in [0.1, 0.15) is 0 Å². The third-order valence-electron chi connectivity index (χ3n) is 3.31. The second kappa shape index (κ2) is 7.60. The van der Waals surface area contributed by atoms with Gasteiger partial charge in [0.15, 0.2) is 9.84 Å². The summed E-state index contributed by atoms with van der Waals surface area (Å²) >= 11 is 0. The van der Waals surface area contributed by atoms with Crippen LogP contribution in [0.25, 0.3) is 0 Å².